The van der Waals surface area contributed by atoms with Crippen LogP contribution in [0.3, 0.4) is 0 Å². The molecule has 122 valence electrons. The van der Waals surface area contributed by atoms with E-state index in [9.17, 15) is 9.59 Å². The minimum atomic E-state index is -0.996. The van der Waals surface area contributed by atoms with E-state index in [-0.39, 0.29) is 18.4 Å². The van der Waals surface area contributed by atoms with E-state index in [1.165, 1.54) is 11.9 Å². The van der Waals surface area contributed by atoms with Crippen molar-refractivity contribution >= 4 is 39.2 Å². The Labute approximate surface area is 137 Å². The van der Waals surface area contributed by atoms with Crippen molar-refractivity contribution in [3.05, 3.63) is 17.8 Å². The SMILES string of the molecule is CN(CC(=O)O)C(=O)[C@H]1CCCN(c2ncnc3sccc23)C1. The maximum absolute atomic E-state index is 12.4. The van der Waals surface area contributed by atoms with Gasteiger partial charge in [-0.2, -0.15) is 0 Å². The highest BCUT2D eigenvalue weighted by Gasteiger charge is 2.30. The number of carbonyl (C=O) groups is 2. The van der Waals surface area contributed by atoms with Gasteiger partial charge in [-0.3, -0.25) is 9.59 Å². The third-order valence-corrected chi connectivity index (χ3v) is 4.88. The van der Waals surface area contributed by atoms with Crippen molar-refractivity contribution < 1.29 is 14.7 Å². The van der Waals surface area contributed by atoms with Gasteiger partial charge in [0, 0.05) is 20.1 Å². The molecule has 0 radical (unpaired) electrons. The molecule has 1 fully saturated rings. The lowest BCUT2D eigenvalue weighted by molar-refractivity contribution is -0.145. The Morgan fingerprint density at radius 3 is 3.09 bits per heavy atom. The Morgan fingerprint density at radius 1 is 1.48 bits per heavy atom. The third kappa shape index (κ3) is 3.26. The summed E-state index contributed by atoms with van der Waals surface area (Å²) in [7, 11) is 1.54. The first kappa shape index (κ1) is 15.7. The van der Waals surface area contributed by atoms with Gasteiger partial charge in [0.25, 0.3) is 0 Å². The van der Waals surface area contributed by atoms with E-state index in [2.05, 4.69) is 14.9 Å². The molecule has 8 heteroatoms. The molecular formula is C15H18N4O3S. The first-order chi connectivity index (χ1) is 11.1. The fourth-order valence-electron chi connectivity index (χ4n) is 2.99. The van der Waals surface area contributed by atoms with Gasteiger partial charge in [-0.25, -0.2) is 9.97 Å². The van der Waals surface area contributed by atoms with Gasteiger partial charge in [-0.1, -0.05) is 0 Å². The van der Waals surface area contributed by atoms with E-state index < -0.39 is 5.97 Å². The third-order valence-electron chi connectivity index (χ3n) is 4.06. The van der Waals surface area contributed by atoms with Gasteiger partial charge in [0.2, 0.25) is 5.91 Å². The van der Waals surface area contributed by atoms with E-state index >= 15 is 0 Å². The zero-order valence-corrected chi connectivity index (χ0v) is 13.6. The van der Waals surface area contributed by atoms with Crippen LogP contribution in [-0.4, -0.2) is 58.5 Å². The highest BCUT2D eigenvalue weighted by Crippen LogP contribution is 2.30. The standard InChI is InChI=1S/C15H18N4O3S/c1-18(8-12(20)21)15(22)10-3-2-5-19(7-10)13-11-4-6-23-14(11)17-9-16-13/h4,6,9-10H,2-3,5,7-8H2,1H3,(H,20,21)/t10-/m0/s1. The van der Waals surface area contributed by atoms with E-state index in [0.717, 1.165) is 35.4 Å². The number of aromatic nitrogens is 2. The number of anilines is 1. The molecule has 0 unspecified atom stereocenters. The maximum atomic E-state index is 12.4. The predicted molar refractivity (Wildman–Crippen MR) is 87.6 cm³/mol. The van der Waals surface area contributed by atoms with Gasteiger partial charge < -0.3 is 14.9 Å². The van der Waals surface area contributed by atoms with Crippen LogP contribution in [0.1, 0.15) is 12.8 Å². The number of carbonyl (C=O) groups excluding carboxylic acids is 1. The molecule has 0 aromatic carbocycles. The molecule has 1 amide bonds. The first-order valence-electron chi connectivity index (χ1n) is 7.46. The van der Waals surface area contributed by atoms with E-state index in [1.54, 1.807) is 17.7 Å². The predicted octanol–water partition coefficient (Wildman–Crippen LogP) is 1.45. The van der Waals surface area contributed by atoms with Gasteiger partial charge in [-0.05, 0) is 24.3 Å². The maximum Gasteiger partial charge on any atom is 0.323 e. The number of carboxylic acids is 1. The number of piperidine rings is 1. The van der Waals surface area contributed by atoms with Crippen LogP contribution in [0.5, 0.6) is 0 Å². The monoisotopic (exact) mass is 334 g/mol. The molecule has 0 spiro atoms. The molecule has 0 saturated carbocycles. The number of carboxylic acid groups (broad SMARTS) is 1. The quantitative estimate of drug-likeness (QED) is 0.911. The van der Waals surface area contributed by atoms with Crippen LogP contribution in [0, 0.1) is 5.92 Å². The lowest BCUT2D eigenvalue weighted by Crippen LogP contribution is -2.45. The Morgan fingerprint density at radius 2 is 2.30 bits per heavy atom. The van der Waals surface area contributed by atoms with Crippen LogP contribution in [0.4, 0.5) is 5.82 Å². The molecule has 1 aliphatic rings. The molecule has 7 nitrogen and oxygen atoms in total. The number of aliphatic carboxylic acids is 1. The molecule has 2 aromatic heterocycles. The molecule has 1 saturated heterocycles. The molecule has 1 aliphatic heterocycles. The van der Waals surface area contributed by atoms with Crippen molar-refractivity contribution in [3.63, 3.8) is 0 Å². The van der Waals surface area contributed by atoms with E-state index in [4.69, 9.17) is 5.11 Å². The van der Waals surface area contributed by atoms with Crippen molar-refractivity contribution in [2.75, 3.05) is 31.6 Å². The minimum absolute atomic E-state index is 0.118. The Bertz CT molecular complexity index is 732. The number of likely N-dealkylation sites (N-methyl/N-ethyl adjacent to an activating group) is 1. The van der Waals surface area contributed by atoms with Crippen LogP contribution < -0.4 is 4.90 Å². The number of rotatable bonds is 4. The largest absolute Gasteiger partial charge is 0.480 e. The minimum Gasteiger partial charge on any atom is -0.480 e. The summed E-state index contributed by atoms with van der Waals surface area (Å²) in [5.74, 6) is -0.455. The molecule has 0 bridgehead atoms. The molecule has 1 N–H and O–H groups in total. The summed E-state index contributed by atoms with van der Waals surface area (Å²) in [6.45, 7) is 1.14. The highest BCUT2D eigenvalue weighted by atomic mass is 32.1. The second-order valence-corrected chi connectivity index (χ2v) is 6.60. The topological polar surface area (TPSA) is 86.6 Å². The molecular weight excluding hydrogens is 316 g/mol. The number of thiophene rings is 1. The second kappa shape index (κ2) is 6.49. The van der Waals surface area contributed by atoms with Crippen molar-refractivity contribution in [3.8, 4) is 0 Å². The smallest absolute Gasteiger partial charge is 0.323 e. The summed E-state index contributed by atoms with van der Waals surface area (Å²) in [6, 6.07) is 2.00. The van der Waals surface area contributed by atoms with Gasteiger partial charge in [-0.15, -0.1) is 11.3 Å². The van der Waals surface area contributed by atoms with E-state index in [1.807, 2.05) is 11.4 Å². The summed E-state index contributed by atoms with van der Waals surface area (Å²) in [4.78, 5) is 36.2. The molecule has 23 heavy (non-hydrogen) atoms. The highest BCUT2D eigenvalue weighted by molar-refractivity contribution is 7.16. The number of nitrogens with zero attached hydrogens (tertiary/aromatic N) is 4. The molecule has 0 aliphatic carbocycles. The lowest BCUT2D eigenvalue weighted by Gasteiger charge is -2.34. The Balaban J connectivity index is 1.77. The van der Waals surface area contributed by atoms with Crippen LogP contribution in [0.2, 0.25) is 0 Å². The van der Waals surface area contributed by atoms with Crippen LogP contribution >= 0.6 is 11.3 Å². The van der Waals surface area contributed by atoms with Crippen molar-refractivity contribution in [2.45, 2.75) is 12.8 Å². The molecule has 3 heterocycles. The molecule has 2 aromatic rings. The van der Waals surface area contributed by atoms with Gasteiger partial charge in [0.1, 0.15) is 23.5 Å². The van der Waals surface area contributed by atoms with Crippen molar-refractivity contribution in [1.29, 1.82) is 0 Å². The summed E-state index contributed by atoms with van der Waals surface area (Å²) in [5.41, 5.74) is 0. The number of amides is 1. The summed E-state index contributed by atoms with van der Waals surface area (Å²) in [5, 5.41) is 11.8. The first-order valence-corrected chi connectivity index (χ1v) is 8.34. The van der Waals surface area contributed by atoms with Gasteiger partial charge in [0.15, 0.2) is 0 Å². The lowest BCUT2D eigenvalue weighted by atomic mass is 9.96. The Kier molecular flexibility index (Phi) is 4.42. The zero-order valence-electron chi connectivity index (χ0n) is 12.8. The van der Waals surface area contributed by atoms with Crippen LogP contribution in [0.15, 0.2) is 17.8 Å². The number of fused-ring (bicyclic) bond motifs is 1. The van der Waals surface area contributed by atoms with Crippen LogP contribution in [0.25, 0.3) is 10.2 Å². The second-order valence-electron chi connectivity index (χ2n) is 5.71. The zero-order chi connectivity index (χ0) is 16.4. The summed E-state index contributed by atoms with van der Waals surface area (Å²) >= 11 is 1.57. The Hall–Kier alpha value is -2.22. The average molecular weight is 334 g/mol. The fourth-order valence-corrected chi connectivity index (χ4v) is 3.72. The number of hydrogen-bond donors (Lipinski definition) is 1. The van der Waals surface area contributed by atoms with Crippen LogP contribution in [-0.2, 0) is 9.59 Å². The average Bonchev–Trinajstić information content (AvgIpc) is 3.02. The normalized spacial score (nSPS) is 18.1. The number of hydrogen-bond acceptors (Lipinski definition) is 6. The van der Waals surface area contributed by atoms with Gasteiger partial charge >= 0.3 is 5.97 Å². The summed E-state index contributed by atoms with van der Waals surface area (Å²) in [6.07, 6.45) is 3.21. The molecule has 1 atom stereocenters. The summed E-state index contributed by atoms with van der Waals surface area (Å²) < 4.78 is 0. The fraction of sp³-hybridized carbons (Fsp3) is 0.467. The van der Waals surface area contributed by atoms with Crippen molar-refractivity contribution in [2.24, 2.45) is 5.92 Å². The van der Waals surface area contributed by atoms with Crippen molar-refractivity contribution in [1.82, 2.24) is 14.9 Å². The molecule has 3 rings (SSSR count). The van der Waals surface area contributed by atoms with Gasteiger partial charge in [0.05, 0.1) is 11.3 Å². The van der Waals surface area contributed by atoms with E-state index in [0.29, 0.717) is 6.54 Å².